The lowest BCUT2D eigenvalue weighted by atomic mass is 10.5. The number of halogens is 1. The monoisotopic (exact) mass is 292 g/mol. The third kappa shape index (κ3) is 1.68. The summed E-state index contributed by atoms with van der Waals surface area (Å²) in [7, 11) is 1.83. The van der Waals surface area contributed by atoms with Crippen LogP contribution in [0.5, 0.6) is 0 Å². The van der Waals surface area contributed by atoms with Crippen molar-refractivity contribution in [2.24, 2.45) is 0 Å². The zero-order chi connectivity index (χ0) is 11.8. The predicted molar refractivity (Wildman–Crippen MR) is 67.4 cm³/mol. The van der Waals surface area contributed by atoms with E-state index in [2.05, 4.69) is 36.3 Å². The minimum atomic E-state index is 0.688. The molecule has 86 valence electrons. The first-order valence-electron chi connectivity index (χ1n) is 5.00. The Morgan fingerprint density at radius 2 is 2.24 bits per heavy atom. The first-order valence-corrected chi connectivity index (χ1v) is 5.79. The first kappa shape index (κ1) is 10.3. The van der Waals surface area contributed by atoms with E-state index in [1.165, 1.54) is 0 Å². The molecule has 17 heavy (non-hydrogen) atoms. The molecule has 3 rings (SSSR count). The zero-order valence-electron chi connectivity index (χ0n) is 9.00. The topological polar surface area (TPSA) is 60.0 Å². The van der Waals surface area contributed by atoms with E-state index in [4.69, 9.17) is 0 Å². The summed E-state index contributed by atoms with van der Waals surface area (Å²) < 4.78 is 4.50. The van der Waals surface area contributed by atoms with Gasteiger partial charge in [0.05, 0.1) is 16.9 Å². The molecule has 0 bridgehead atoms. The molecule has 0 unspecified atom stereocenters. The fourth-order valence-corrected chi connectivity index (χ4v) is 1.89. The van der Waals surface area contributed by atoms with E-state index in [9.17, 15) is 0 Å². The third-order valence-electron chi connectivity index (χ3n) is 2.38. The average molecular weight is 293 g/mol. The second kappa shape index (κ2) is 3.85. The Kier molecular flexibility index (Phi) is 2.32. The molecule has 1 N–H and O–H groups in total. The first-order chi connectivity index (χ1) is 8.28. The molecular weight excluding hydrogens is 284 g/mol. The number of nitrogens with one attached hydrogen (secondary N) is 1. The molecule has 0 spiro atoms. The van der Waals surface area contributed by atoms with E-state index in [-0.39, 0.29) is 0 Å². The predicted octanol–water partition coefficient (Wildman–Crippen LogP) is 1.72. The van der Waals surface area contributed by atoms with Gasteiger partial charge in [-0.3, -0.25) is 0 Å². The summed E-state index contributed by atoms with van der Waals surface area (Å²) in [5.74, 6) is 1.45. The van der Waals surface area contributed by atoms with Crippen molar-refractivity contribution < 1.29 is 0 Å². The maximum absolute atomic E-state index is 4.46. The summed E-state index contributed by atoms with van der Waals surface area (Å²) >= 11 is 3.37. The number of aromatic nitrogens is 5. The van der Waals surface area contributed by atoms with Crippen LogP contribution < -0.4 is 5.32 Å². The minimum Gasteiger partial charge on any atom is -0.372 e. The highest BCUT2D eigenvalue weighted by Gasteiger charge is 2.09. The van der Waals surface area contributed by atoms with Crippen molar-refractivity contribution in [3.8, 4) is 5.82 Å². The van der Waals surface area contributed by atoms with Crippen LogP contribution in [0.4, 0.5) is 5.82 Å². The fraction of sp³-hybridized carbons (Fsp3) is 0.100. The standard InChI is InChI=1S/C10H9BrN6/c1-12-8-6-16-3-2-13-9(16)10(15-8)17-5-7(11)4-14-17/h2-6,12H,1H3. The lowest BCUT2D eigenvalue weighted by molar-refractivity contribution is 0.842. The van der Waals surface area contributed by atoms with Crippen molar-refractivity contribution >= 4 is 27.4 Å². The maximum atomic E-state index is 4.46. The summed E-state index contributed by atoms with van der Waals surface area (Å²) in [5, 5.41) is 7.23. The van der Waals surface area contributed by atoms with E-state index in [0.717, 1.165) is 15.9 Å². The number of rotatable bonds is 2. The van der Waals surface area contributed by atoms with Crippen LogP contribution in [0.2, 0.25) is 0 Å². The van der Waals surface area contributed by atoms with Crippen molar-refractivity contribution in [1.82, 2.24) is 24.1 Å². The molecule has 0 aliphatic rings. The average Bonchev–Trinajstić information content (AvgIpc) is 2.95. The molecule has 0 saturated carbocycles. The molecule has 0 atom stereocenters. The minimum absolute atomic E-state index is 0.688. The fourth-order valence-electron chi connectivity index (χ4n) is 1.61. The Bertz CT molecular complexity index is 670. The number of fused-ring (bicyclic) bond motifs is 1. The van der Waals surface area contributed by atoms with Gasteiger partial charge in [0.15, 0.2) is 11.5 Å². The molecule has 6 nitrogen and oxygen atoms in total. The summed E-state index contributed by atoms with van der Waals surface area (Å²) in [6, 6.07) is 0. The highest BCUT2D eigenvalue weighted by atomic mass is 79.9. The van der Waals surface area contributed by atoms with Gasteiger partial charge in [0, 0.05) is 25.6 Å². The Labute approximate surface area is 105 Å². The van der Waals surface area contributed by atoms with Crippen molar-refractivity contribution in [3.05, 3.63) is 35.5 Å². The Balaban J connectivity index is 2.29. The van der Waals surface area contributed by atoms with Gasteiger partial charge in [0.1, 0.15) is 5.82 Å². The molecular formula is C10H9BrN6. The van der Waals surface area contributed by atoms with Gasteiger partial charge in [0.2, 0.25) is 0 Å². The van der Waals surface area contributed by atoms with Crippen LogP contribution in [0.15, 0.2) is 35.5 Å². The van der Waals surface area contributed by atoms with Gasteiger partial charge in [0.25, 0.3) is 0 Å². The summed E-state index contributed by atoms with van der Waals surface area (Å²) in [4.78, 5) is 8.74. The highest BCUT2D eigenvalue weighted by molar-refractivity contribution is 9.10. The molecule has 0 saturated heterocycles. The normalized spacial score (nSPS) is 10.9. The lowest BCUT2D eigenvalue weighted by Gasteiger charge is -2.06. The van der Waals surface area contributed by atoms with Gasteiger partial charge in [-0.15, -0.1) is 0 Å². The molecule has 0 amide bonds. The van der Waals surface area contributed by atoms with Crippen LogP contribution in [0, 0.1) is 0 Å². The molecule has 0 radical (unpaired) electrons. The molecule has 0 aliphatic heterocycles. The lowest BCUT2D eigenvalue weighted by Crippen LogP contribution is -2.05. The van der Waals surface area contributed by atoms with Crippen molar-refractivity contribution in [2.75, 3.05) is 12.4 Å². The molecule has 3 heterocycles. The maximum Gasteiger partial charge on any atom is 0.199 e. The number of nitrogens with zero attached hydrogens (tertiary/aromatic N) is 5. The molecule has 0 aliphatic carbocycles. The molecule has 0 aromatic carbocycles. The number of anilines is 1. The van der Waals surface area contributed by atoms with Crippen molar-refractivity contribution in [2.45, 2.75) is 0 Å². The second-order valence-electron chi connectivity index (χ2n) is 3.46. The number of hydrogen-bond acceptors (Lipinski definition) is 4. The quantitative estimate of drug-likeness (QED) is 0.781. The summed E-state index contributed by atoms with van der Waals surface area (Å²) in [6.45, 7) is 0. The van der Waals surface area contributed by atoms with Crippen LogP contribution in [0.25, 0.3) is 11.5 Å². The van der Waals surface area contributed by atoms with Gasteiger partial charge in [-0.1, -0.05) is 0 Å². The van der Waals surface area contributed by atoms with Gasteiger partial charge in [-0.25, -0.2) is 14.6 Å². The van der Waals surface area contributed by atoms with Crippen LogP contribution in [0.1, 0.15) is 0 Å². The van der Waals surface area contributed by atoms with E-state index in [1.54, 1.807) is 17.1 Å². The van der Waals surface area contributed by atoms with Crippen LogP contribution in [-0.2, 0) is 0 Å². The molecule has 3 aromatic heterocycles. The van der Waals surface area contributed by atoms with Gasteiger partial charge in [-0.05, 0) is 15.9 Å². The van der Waals surface area contributed by atoms with Crippen molar-refractivity contribution in [3.63, 3.8) is 0 Å². The summed E-state index contributed by atoms with van der Waals surface area (Å²) in [5.41, 5.74) is 0.764. The van der Waals surface area contributed by atoms with Crippen LogP contribution in [-0.4, -0.2) is 31.2 Å². The molecule has 7 heteroatoms. The third-order valence-corrected chi connectivity index (χ3v) is 2.79. The summed E-state index contributed by atoms with van der Waals surface area (Å²) in [6.07, 6.45) is 9.05. The van der Waals surface area contributed by atoms with Gasteiger partial charge in [-0.2, -0.15) is 5.10 Å². The van der Waals surface area contributed by atoms with Crippen LogP contribution >= 0.6 is 15.9 Å². The van der Waals surface area contributed by atoms with Gasteiger partial charge < -0.3 is 9.72 Å². The largest absolute Gasteiger partial charge is 0.372 e. The van der Waals surface area contributed by atoms with E-state index < -0.39 is 0 Å². The van der Waals surface area contributed by atoms with E-state index in [0.29, 0.717) is 5.82 Å². The van der Waals surface area contributed by atoms with Gasteiger partial charge >= 0.3 is 0 Å². The molecule has 3 aromatic rings. The Hall–Kier alpha value is -1.89. The van der Waals surface area contributed by atoms with Crippen molar-refractivity contribution in [1.29, 1.82) is 0 Å². The highest BCUT2D eigenvalue weighted by Crippen LogP contribution is 2.17. The SMILES string of the molecule is CNc1cn2ccnc2c(-n2cc(Br)cn2)n1. The molecule has 0 fully saturated rings. The van der Waals surface area contributed by atoms with E-state index >= 15 is 0 Å². The smallest absolute Gasteiger partial charge is 0.199 e. The number of imidazole rings is 1. The Morgan fingerprint density at radius 1 is 1.35 bits per heavy atom. The number of hydrogen-bond donors (Lipinski definition) is 1. The van der Waals surface area contributed by atoms with Crippen LogP contribution in [0.3, 0.4) is 0 Å². The van der Waals surface area contributed by atoms with E-state index in [1.807, 2.05) is 30.0 Å². The Morgan fingerprint density at radius 3 is 2.94 bits per heavy atom. The zero-order valence-corrected chi connectivity index (χ0v) is 10.6. The second-order valence-corrected chi connectivity index (χ2v) is 4.38.